The van der Waals surface area contributed by atoms with Gasteiger partial charge in [0, 0.05) is 32.1 Å². The van der Waals surface area contributed by atoms with Gasteiger partial charge in [0.25, 0.3) is 5.69 Å². The van der Waals surface area contributed by atoms with Crippen molar-refractivity contribution < 1.29 is 19.4 Å². The van der Waals surface area contributed by atoms with Gasteiger partial charge in [0.15, 0.2) is 10.6 Å². The fraction of sp³-hybridized carbons (Fsp3) is 0.182. The second kappa shape index (κ2) is 12.6. The average Bonchev–Trinajstić information content (AvgIpc) is 2.82. The Balaban J connectivity index is 2.72. The third kappa shape index (κ3) is 6.64. The molecule has 2 aromatic rings. The summed E-state index contributed by atoms with van der Waals surface area (Å²) in [5, 5.41) is 33.5. The van der Waals surface area contributed by atoms with Crippen molar-refractivity contribution in [1.29, 1.82) is 0 Å². The molecule has 0 aromatic heterocycles. The third-order valence-corrected chi connectivity index (χ3v) is 5.12. The highest BCUT2D eigenvalue weighted by atomic mass is 32.2. The largest absolute Gasteiger partial charge is 0.494 e. The standard InChI is InChI=1S/C22H21N7O6S/c1-6-8-27(9-7-2)19-10-15(24-14(3)30)16(11-21(19)35-5)25-26-17-12-22(36-23-4)20(29(33)34)13-18(17)28(31)32/h6-7,10-13H,1-2,8-9H2,3,5H3,(H,24,30). The number of nitrogens with one attached hydrogen (secondary N) is 1. The molecular formula is C22H21N7O6S. The summed E-state index contributed by atoms with van der Waals surface area (Å²) in [6.45, 7) is 16.6. The van der Waals surface area contributed by atoms with Gasteiger partial charge in [-0.15, -0.1) is 23.4 Å². The highest BCUT2D eigenvalue weighted by Crippen LogP contribution is 2.43. The van der Waals surface area contributed by atoms with Gasteiger partial charge in [0.05, 0.1) is 34.4 Å². The van der Waals surface area contributed by atoms with E-state index >= 15 is 0 Å². The number of rotatable bonds is 12. The molecule has 14 heteroatoms. The Bertz CT molecular complexity index is 1280. The van der Waals surface area contributed by atoms with Crippen LogP contribution >= 0.6 is 11.9 Å². The molecule has 0 atom stereocenters. The molecule has 0 aliphatic rings. The minimum Gasteiger partial charge on any atom is -0.494 e. The maximum atomic E-state index is 11.8. The van der Waals surface area contributed by atoms with Crippen LogP contribution in [0, 0.1) is 26.8 Å². The molecule has 0 aliphatic heterocycles. The van der Waals surface area contributed by atoms with Gasteiger partial charge in [-0.1, -0.05) is 12.2 Å². The van der Waals surface area contributed by atoms with Crippen molar-refractivity contribution in [2.45, 2.75) is 11.8 Å². The number of anilines is 2. The molecule has 2 aromatic carbocycles. The van der Waals surface area contributed by atoms with Crippen molar-refractivity contribution in [2.24, 2.45) is 10.2 Å². The molecule has 2 rings (SSSR count). The van der Waals surface area contributed by atoms with E-state index in [0.717, 1.165) is 12.1 Å². The molecule has 0 aliphatic carbocycles. The summed E-state index contributed by atoms with van der Waals surface area (Å²) in [4.78, 5) is 34.8. The molecule has 1 amide bonds. The summed E-state index contributed by atoms with van der Waals surface area (Å²) in [5.41, 5.74) is -0.648. The van der Waals surface area contributed by atoms with Crippen LogP contribution in [0.5, 0.6) is 5.75 Å². The lowest BCUT2D eigenvalue weighted by Gasteiger charge is -2.25. The zero-order valence-electron chi connectivity index (χ0n) is 19.3. The summed E-state index contributed by atoms with van der Waals surface area (Å²) in [5.74, 6) is -0.0391. The van der Waals surface area contributed by atoms with Gasteiger partial charge in [0.1, 0.15) is 11.4 Å². The fourth-order valence-electron chi connectivity index (χ4n) is 3.07. The molecule has 186 valence electrons. The van der Waals surface area contributed by atoms with Gasteiger partial charge in [-0.25, -0.2) is 10.8 Å². The zero-order chi connectivity index (χ0) is 26.8. The first-order chi connectivity index (χ1) is 17.2. The normalized spacial score (nSPS) is 10.4. The number of azo groups is 1. The number of hydrogen-bond acceptors (Lipinski definition) is 10. The van der Waals surface area contributed by atoms with E-state index in [1.807, 2.05) is 4.90 Å². The quantitative estimate of drug-likeness (QED) is 0.0909. The molecule has 1 N–H and O–H groups in total. The number of nitro groups is 2. The predicted octanol–water partition coefficient (Wildman–Crippen LogP) is 5.99. The first-order valence-corrected chi connectivity index (χ1v) is 10.8. The third-order valence-electron chi connectivity index (χ3n) is 4.51. The van der Waals surface area contributed by atoms with Gasteiger partial charge in [-0.05, 0) is 6.07 Å². The number of hydrogen-bond donors (Lipinski definition) is 1. The number of nitrogens with zero attached hydrogens (tertiary/aromatic N) is 6. The summed E-state index contributed by atoms with van der Waals surface area (Å²) in [7, 11) is 1.44. The lowest BCUT2D eigenvalue weighted by atomic mass is 10.2. The van der Waals surface area contributed by atoms with Gasteiger partial charge in [-0.3, -0.25) is 25.0 Å². The van der Waals surface area contributed by atoms with Crippen molar-refractivity contribution in [3.63, 3.8) is 0 Å². The Kier molecular flexibility index (Phi) is 9.64. The molecular weight excluding hydrogens is 490 g/mol. The van der Waals surface area contributed by atoms with Gasteiger partial charge in [-0.2, -0.15) is 0 Å². The Labute approximate surface area is 210 Å². The molecule has 0 radical (unpaired) electrons. The van der Waals surface area contributed by atoms with Crippen LogP contribution in [0.1, 0.15) is 6.92 Å². The van der Waals surface area contributed by atoms with Crippen LogP contribution < -0.4 is 15.0 Å². The number of nitro benzene ring substituents is 2. The summed E-state index contributed by atoms with van der Waals surface area (Å²) < 4.78 is 8.53. The Morgan fingerprint density at radius 2 is 1.75 bits per heavy atom. The van der Waals surface area contributed by atoms with E-state index in [9.17, 15) is 25.0 Å². The second-order valence-electron chi connectivity index (χ2n) is 6.91. The summed E-state index contributed by atoms with van der Waals surface area (Å²) in [6, 6.07) is 4.85. The molecule has 0 bridgehead atoms. The van der Waals surface area contributed by atoms with Crippen LogP contribution in [0.15, 0.2) is 64.7 Å². The predicted molar refractivity (Wildman–Crippen MR) is 136 cm³/mol. The lowest BCUT2D eigenvalue weighted by molar-refractivity contribution is -0.395. The first-order valence-electron chi connectivity index (χ1n) is 10.0. The number of amides is 1. The van der Waals surface area contributed by atoms with E-state index in [-0.39, 0.29) is 22.0 Å². The van der Waals surface area contributed by atoms with Crippen LogP contribution in [0.4, 0.5) is 34.1 Å². The number of carbonyl (C=O) groups excluding carboxylic acids is 1. The molecule has 13 nitrogen and oxygen atoms in total. The minimum absolute atomic E-state index is 0.106. The van der Waals surface area contributed by atoms with Crippen molar-refractivity contribution in [3.05, 3.63) is 80.6 Å². The average molecular weight is 512 g/mol. The second-order valence-corrected chi connectivity index (χ2v) is 7.72. The molecule has 0 saturated carbocycles. The highest BCUT2D eigenvalue weighted by Gasteiger charge is 2.27. The molecule has 0 saturated heterocycles. The van der Waals surface area contributed by atoms with E-state index in [2.05, 4.69) is 33.0 Å². The van der Waals surface area contributed by atoms with Gasteiger partial charge in [0.2, 0.25) is 5.91 Å². The zero-order valence-corrected chi connectivity index (χ0v) is 20.2. The SMILES string of the molecule is [C-]#[N+]Sc1cc(N=Nc2cc(OC)c(N(CC=C)CC=C)cc2NC(C)=O)c([N+](=O)[O-])cc1[N+](=O)[O-]. The fourth-order valence-corrected chi connectivity index (χ4v) is 3.56. The minimum atomic E-state index is -0.839. The lowest BCUT2D eigenvalue weighted by Crippen LogP contribution is -2.24. The van der Waals surface area contributed by atoms with Crippen molar-refractivity contribution in [1.82, 2.24) is 0 Å². The van der Waals surface area contributed by atoms with E-state index in [1.165, 1.54) is 20.1 Å². The van der Waals surface area contributed by atoms with E-state index in [0.29, 0.717) is 36.5 Å². The molecule has 0 unspecified atom stereocenters. The van der Waals surface area contributed by atoms with Crippen molar-refractivity contribution in [2.75, 3.05) is 30.4 Å². The summed E-state index contributed by atoms with van der Waals surface area (Å²) in [6.07, 6.45) is 3.36. The van der Waals surface area contributed by atoms with Gasteiger partial charge < -0.3 is 15.0 Å². The van der Waals surface area contributed by atoms with Crippen LogP contribution in [-0.4, -0.2) is 36.0 Å². The number of ether oxygens (including phenoxy) is 1. The molecule has 0 heterocycles. The van der Waals surface area contributed by atoms with Crippen molar-refractivity contribution in [3.8, 4) is 5.75 Å². The number of benzene rings is 2. The van der Waals surface area contributed by atoms with Crippen LogP contribution in [0.2, 0.25) is 0 Å². The van der Waals surface area contributed by atoms with E-state index in [1.54, 1.807) is 18.2 Å². The van der Waals surface area contributed by atoms with Crippen LogP contribution in [-0.2, 0) is 4.79 Å². The van der Waals surface area contributed by atoms with Crippen LogP contribution in [0.25, 0.3) is 4.25 Å². The first kappa shape index (κ1) is 27.5. The van der Waals surface area contributed by atoms with E-state index < -0.39 is 27.1 Å². The molecule has 36 heavy (non-hydrogen) atoms. The number of carbonyl (C=O) groups is 1. The Morgan fingerprint density at radius 1 is 1.14 bits per heavy atom. The Hall–Kier alpha value is -4.77. The monoisotopic (exact) mass is 511 g/mol. The van der Waals surface area contributed by atoms with Gasteiger partial charge >= 0.3 is 17.6 Å². The van der Waals surface area contributed by atoms with Crippen LogP contribution in [0.3, 0.4) is 0 Å². The smallest absolute Gasteiger partial charge is 0.303 e. The van der Waals surface area contributed by atoms with Crippen molar-refractivity contribution >= 4 is 52.0 Å². The topological polar surface area (TPSA) is 157 Å². The van der Waals surface area contributed by atoms with E-state index in [4.69, 9.17) is 11.3 Å². The maximum absolute atomic E-state index is 11.8. The Morgan fingerprint density at radius 3 is 2.25 bits per heavy atom. The molecule has 0 spiro atoms. The highest BCUT2D eigenvalue weighted by molar-refractivity contribution is 8.01. The number of methoxy groups -OCH3 is 1. The summed E-state index contributed by atoms with van der Waals surface area (Å²) >= 11 is 0.446. The maximum Gasteiger partial charge on any atom is 0.303 e. The molecule has 0 fully saturated rings.